The zero-order valence-electron chi connectivity index (χ0n) is 13.6. The maximum absolute atomic E-state index is 12.7. The minimum atomic E-state index is -0.572. The molecule has 0 saturated heterocycles. The van der Waals surface area contributed by atoms with Crippen LogP contribution in [0.1, 0.15) is 33.9 Å². The van der Waals surface area contributed by atoms with E-state index in [4.69, 9.17) is 15.7 Å². The van der Waals surface area contributed by atoms with Crippen LogP contribution in [0.2, 0.25) is 0 Å². The van der Waals surface area contributed by atoms with E-state index < -0.39 is 11.9 Å². The highest BCUT2D eigenvalue weighted by molar-refractivity contribution is 5.98. The predicted octanol–water partition coefficient (Wildman–Crippen LogP) is 2.12. The van der Waals surface area contributed by atoms with Crippen molar-refractivity contribution < 1.29 is 24.5 Å². The zero-order chi connectivity index (χ0) is 18.0. The summed E-state index contributed by atoms with van der Waals surface area (Å²) in [7, 11) is 1.44. The number of hydrogen-bond donors (Lipinski definition) is 2. The lowest BCUT2D eigenvalue weighted by atomic mass is 10.0. The van der Waals surface area contributed by atoms with E-state index in [9.17, 15) is 9.59 Å². The highest BCUT2D eigenvalue weighted by Gasteiger charge is 2.34. The molecular formula is C18H18N2O5. The van der Waals surface area contributed by atoms with Gasteiger partial charge in [-0.05, 0) is 29.3 Å². The fourth-order valence-electron chi connectivity index (χ4n) is 3.10. The molecule has 1 heterocycles. The Morgan fingerprint density at radius 1 is 1.28 bits per heavy atom. The van der Waals surface area contributed by atoms with Gasteiger partial charge in [0.2, 0.25) is 11.7 Å². The first kappa shape index (κ1) is 16.8. The average molecular weight is 342 g/mol. The second-order valence-corrected chi connectivity index (χ2v) is 5.78. The van der Waals surface area contributed by atoms with Crippen LogP contribution in [0.15, 0.2) is 42.5 Å². The van der Waals surface area contributed by atoms with Gasteiger partial charge in [-0.1, -0.05) is 24.3 Å². The molecule has 2 amide bonds. The first-order valence-corrected chi connectivity index (χ1v) is 7.71. The van der Waals surface area contributed by atoms with Gasteiger partial charge >= 0.3 is 0 Å². The number of methoxy groups -OCH3 is 1. The van der Waals surface area contributed by atoms with Crippen molar-refractivity contribution in [3.8, 4) is 11.5 Å². The number of nitrogens with two attached hydrogens (primary N) is 1. The maximum atomic E-state index is 12.7. The third-order valence-electron chi connectivity index (χ3n) is 4.29. The van der Waals surface area contributed by atoms with E-state index >= 15 is 0 Å². The Hall–Kier alpha value is -3.06. The fourth-order valence-corrected chi connectivity index (χ4v) is 3.10. The number of rotatable bonds is 6. The Labute approximate surface area is 144 Å². The standard InChI is InChI=1S/C18H18N2O5/c1-24-15-7-6-11(8-16(15)25-23)14(9-17(19)21)20-10-12-4-2-3-5-13(12)18(20)22/h2-8,14,23H,9-10H2,1H3,(H2,19,21). The lowest BCUT2D eigenvalue weighted by Gasteiger charge is -2.27. The second-order valence-electron chi connectivity index (χ2n) is 5.78. The Bertz CT molecular complexity index is 821. The summed E-state index contributed by atoms with van der Waals surface area (Å²) in [6.07, 6.45) is -0.0447. The van der Waals surface area contributed by atoms with Crippen LogP contribution in [0.5, 0.6) is 11.5 Å². The van der Waals surface area contributed by atoms with Crippen molar-refractivity contribution in [1.29, 1.82) is 0 Å². The van der Waals surface area contributed by atoms with E-state index in [0.29, 0.717) is 23.4 Å². The molecule has 1 aliphatic heterocycles. The normalized spacial score (nSPS) is 14.2. The molecule has 0 aliphatic carbocycles. The monoisotopic (exact) mass is 342 g/mol. The summed E-state index contributed by atoms with van der Waals surface area (Å²) in [4.78, 5) is 30.2. The molecule has 0 radical (unpaired) electrons. The van der Waals surface area contributed by atoms with E-state index in [0.717, 1.165) is 5.56 Å². The smallest absolute Gasteiger partial charge is 0.255 e. The van der Waals surface area contributed by atoms with Crippen LogP contribution < -0.4 is 15.4 Å². The lowest BCUT2D eigenvalue weighted by molar-refractivity contribution is -0.139. The number of benzene rings is 2. The van der Waals surface area contributed by atoms with E-state index in [2.05, 4.69) is 4.89 Å². The van der Waals surface area contributed by atoms with Crippen LogP contribution in [0.3, 0.4) is 0 Å². The molecule has 2 aromatic carbocycles. The van der Waals surface area contributed by atoms with Gasteiger partial charge in [-0.2, -0.15) is 0 Å². The number of primary amides is 1. The number of carbonyl (C=O) groups is 2. The lowest BCUT2D eigenvalue weighted by Crippen LogP contribution is -2.32. The van der Waals surface area contributed by atoms with E-state index in [1.807, 2.05) is 12.1 Å². The summed E-state index contributed by atoms with van der Waals surface area (Å²) in [5.74, 6) is -0.265. The largest absolute Gasteiger partial charge is 0.493 e. The van der Waals surface area contributed by atoms with Gasteiger partial charge in [0, 0.05) is 12.1 Å². The Morgan fingerprint density at radius 2 is 2.04 bits per heavy atom. The predicted molar refractivity (Wildman–Crippen MR) is 89.1 cm³/mol. The minimum Gasteiger partial charge on any atom is -0.493 e. The molecule has 25 heavy (non-hydrogen) atoms. The summed E-state index contributed by atoms with van der Waals surface area (Å²) >= 11 is 0. The molecule has 1 aliphatic rings. The second kappa shape index (κ2) is 6.82. The highest BCUT2D eigenvalue weighted by Crippen LogP contribution is 2.37. The summed E-state index contributed by atoms with van der Waals surface area (Å²) < 4.78 is 5.09. The number of ether oxygens (including phenoxy) is 1. The quantitative estimate of drug-likeness (QED) is 0.618. The molecule has 0 spiro atoms. The van der Waals surface area contributed by atoms with Gasteiger partial charge in [-0.25, -0.2) is 5.26 Å². The summed E-state index contributed by atoms with van der Waals surface area (Å²) in [5.41, 5.74) is 7.52. The van der Waals surface area contributed by atoms with Crippen LogP contribution in [0, 0.1) is 0 Å². The Balaban J connectivity index is 1.99. The SMILES string of the molecule is COc1ccc(C(CC(N)=O)N2Cc3ccccc3C2=O)cc1OO. The number of fused-ring (bicyclic) bond motifs is 1. The van der Waals surface area contributed by atoms with Gasteiger partial charge in [0.1, 0.15) is 0 Å². The molecule has 7 heteroatoms. The molecule has 0 fully saturated rings. The Kier molecular flexibility index (Phi) is 4.58. The van der Waals surface area contributed by atoms with Gasteiger partial charge in [-0.15, -0.1) is 0 Å². The summed E-state index contributed by atoms with van der Waals surface area (Å²) in [6, 6.07) is 11.6. The number of nitrogens with zero attached hydrogens (tertiary/aromatic N) is 1. The molecule has 1 atom stereocenters. The van der Waals surface area contributed by atoms with Crippen molar-refractivity contribution in [3.05, 3.63) is 59.2 Å². The van der Waals surface area contributed by atoms with E-state index in [1.54, 1.807) is 29.2 Å². The molecule has 0 bridgehead atoms. The van der Waals surface area contributed by atoms with Crippen LogP contribution in [-0.4, -0.2) is 29.1 Å². The molecule has 7 nitrogen and oxygen atoms in total. The molecule has 0 aromatic heterocycles. The summed E-state index contributed by atoms with van der Waals surface area (Å²) in [6.45, 7) is 0.383. The highest BCUT2D eigenvalue weighted by atomic mass is 17.1. The molecule has 0 saturated carbocycles. The topological polar surface area (TPSA) is 102 Å². The van der Waals surface area contributed by atoms with Crippen LogP contribution in [-0.2, 0) is 11.3 Å². The van der Waals surface area contributed by atoms with Gasteiger partial charge in [0.25, 0.3) is 5.91 Å². The summed E-state index contributed by atoms with van der Waals surface area (Å²) in [5, 5.41) is 9.04. The zero-order valence-corrected chi connectivity index (χ0v) is 13.6. The third kappa shape index (κ3) is 3.14. The third-order valence-corrected chi connectivity index (χ3v) is 4.29. The molecule has 3 rings (SSSR count). The van der Waals surface area contributed by atoms with Gasteiger partial charge in [-0.3, -0.25) is 9.59 Å². The number of carbonyl (C=O) groups excluding carboxylic acids is 2. The molecule has 1 unspecified atom stereocenters. The average Bonchev–Trinajstić information content (AvgIpc) is 2.96. The van der Waals surface area contributed by atoms with Crippen molar-refractivity contribution in [2.24, 2.45) is 5.73 Å². The van der Waals surface area contributed by atoms with Gasteiger partial charge < -0.3 is 20.3 Å². The first-order valence-electron chi connectivity index (χ1n) is 7.71. The van der Waals surface area contributed by atoms with Gasteiger partial charge in [0.15, 0.2) is 5.75 Å². The van der Waals surface area contributed by atoms with E-state index in [-0.39, 0.29) is 18.1 Å². The number of hydrogen-bond acceptors (Lipinski definition) is 5. The number of amides is 2. The van der Waals surface area contributed by atoms with Crippen molar-refractivity contribution >= 4 is 11.8 Å². The minimum absolute atomic E-state index is 0.0447. The van der Waals surface area contributed by atoms with Crippen molar-refractivity contribution in [2.75, 3.05) is 7.11 Å². The van der Waals surface area contributed by atoms with Crippen molar-refractivity contribution in [1.82, 2.24) is 4.90 Å². The van der Waals surface area contributed by atoms with Crippen LogP contribution in [0.25, 0.3) is 0 Å². The maximum Gasteiger partial charge on any atom is 0.255 e. The van der Waals surface area contributed by atoms with Crippen LogP contribution in [0.4, 0.5) is 0 Å². The fraction of sp³-hybridized carbons (Fsp3) is 0.222. The Morgan fingerprint density at radius 3 is 2.68 bits per heavy atom. The van der Waals surface area contributed by atoms with Gasteiger partial charge in [0.05, 0.1) is 19.6 Å². The van der Waals surface area contributed by atoms with Crippen LogP contribution >= 0.6 is 0 Å². The molecule has 3 N–H and O–H groups in total. The molecule has 2 aromatic rings. The van der Waals surface area contributed by atoms with E-state index in [1.165, 1.54) is 13.2 Å². The molecular weight excluding hydrogens is 324 g/mol. The van der Waals surface area contributed by atoms with Crippen molar-refractivity contribution in [3.63, 3.8) is 0 Å². The van der Waals surface area contributed by atoms with Crippen molar-refractivity contribution in [2.45, 2.75) is 19.0 Å². The molecule has 130 valence electrons. The first-order chi connectivity index (χ1) is 12.0.